The van der Waals surface area contributed by atoms with Crippen molar-refractivity contribution in [3.63, 3.8) is 0 Å². The van der Waals surface area contributed by atoms with E-state index in [-0.39, 0.29) is 29.9 Å². The highest BCUT2D eigenvalue weighted by molar-refractivity contribution is 14.0. The number of carbonyl (C=O) groups is 1. The number of hydrogen-bond acceptors (Lipinski definition) is 3. The van der Waals surface area contributed by atoms with Crippen molar-refractivity contribution in [3.8, 4) is 0 Å². The van der Waals surface area contributed by atoms with E-state index in [0.717, 1.165) is 35.9 Å². The number of rotatable bonds is 8. The molecule has 0 unspecified atom stereocenters. The quantitative estimate of drug-likeness (QED) is 0.297. The fourth-order valence-electron chi connectivity index (χ4n) is 2.60. The molecule has 0 spiro atoms. The highest BCUT2D eigenvalue weighted by Crippen LogP contribution is 2.12. The van der Waals surface area contributed by atoms with Crippen LogP contribution in [-0.4, -0.2) is 30.4 Å². The predicted octanol–water partition coefficient (Wildman–Crippen LogP) is 3.59. The lowest BCUT2D eigenvalue weighted by Crippen LogP contribution is -2.37. The van der Waals surface area contributed by atoms with Gasteiger partial charge in [-0.1, -0.05) is 32.0 Å². The van der Waals surface area contributed by atoms with Crippen LogP contribution < -0.4 is 16.0 Å². The van der Waals surface area contributed by atoms with E-state index in [4.69, 9.17) is 0 Å². The van der Waals surface area contributed by atoms with Crippen LogP contribution >= 0.6 is 24.0 Å². The first kappa shape index (κ1) is 23.9. The minimum Gasteiger partial charge on any atom is -0.356 e. The maximum Gasteiger partial charge on any atom is 0.224 e. The number of aliphatic imine (C=N–C) groups is 1. The number of aromatic nitrogens is 1. The summed E-state index contributed by atoms with van der Waals surface area (Å²) in [6.07, 6.45) is 3.16. The van der Waals surface area contributed by atoms with Gasteiger partial charge in [0.05, 0.1) is 0 Å². The van der Waals surface area contributed by atoms with Crippen molar-refractivity contribution >= 4 is 41.5 Å². The summed E-state index contributed by atoms with van der Waals surface area (Å²) in [5.74, 6) is 1.12. The molecule has 0 saturated heterocycles. The Morgan fingerprint density at radius 2 is 1.96 bits per heavy atom. The third-order valence-corrected chi connectivity index (χ3v) is 3.89. The van der Waals surface area contributed by atoms with Gasteiger partial charge in [0.1, 0.15) is 0 Å². The number of benzene rings is 1. The van der Waals surface area contributed by atoms with E-state index in [0.29, 0.717) is 18.9 Å². The van der Waals surface area contributed by atoms with Crippen LogP contribution in [0.25, 0.3) is 0 Å². The van der Waals surface area contributed by atoms with E-state index in [1.807, 2.05) is 56.3 Å². The van der Waals surface area contributed by atoms with Gasteiger partial charge in [-0.25, -0.2) is 0 Å². The van der Waals surface area contributed by atoms with E-state index in [2.05, 4.69) is 25.9 Å². The number of anilines is 1. The number of hydrogen-bond donors (Lipinski definition) is 3. The molecule has 0 fully saturated rings. The molecular weight excluding hydrogens is 465 g/mol. The second kappa shape index (κ2) is 13.1. The number of nitrogens with one attached hydrogen (secondary N) is 3. The van der Waals surface area contributed by atoms with Gasteiger partial charge >= 0.3 is 0 Å². The van der Waals surface area contributed by atoms with Crippen molar-refractivity contribution in [1.29, 1.82) is 0 Å². The van der Waals surface area contributed by atoms with Crippen LogP contribution in [0.2, 0.25) is 0 Å². The minimum atomic E-state index is 0. The topological polar surface area (TPSA) is 78.4 Å². The van der Waals surface area contributed by atoms with Gasteiger partial charge in [0, 0.05) is 50.6 Å². The molecule has 3 N–H and O–H groups in total. The van der Waals surface area contributed by atoms with Crippen molar-refractivity contribution in [2.24, 2.45) is 10.9 Å². The Labute approximate surface area is 184 Å². The number of carbonyl (C=O) groups excluding carboxylic acids is 1. The van der Waals surface area contributed by atoms with E-state index >= 15 is 0 Å². The van der Waals surface area contributed by atoms with Crippen LogP contribution in [0.15, 0.2) is 53.7 Å². The Kier molecular flexibility index (Phi) is 11.2. The summed E-state index contributed by atoms with van der Waals surface area (Å²) < 4.78 is 0. The Balaban J connectivity index is 0.00000392. The first-order valence-corrected chi connectivity index (χ1v) is 9.30. The van der Waals surface area contributed by atoms with Crippen molar-refractivity contribution in [1.82, 2.24) is 15.6 Å². The molecule has 1 aromatic carbocycles. The average Bonchev–Trinajstić information content (AvgIpc) is 2.65. The molecule has 2 aromatic rings. The van der Waals surface area contributed by atoms with E-state index < -0.39 is 0 Å². The van der Waals surface area contributed by atoms with Crippen molar-refractivity contribution in [3.05, 3.63) is 59.9 Å². The van der Waals surface area contributed by atoms with Crippen molar-refractivity contribution < 1.29 is 4.79 Å². The molecule has 1 heterocycles. The molecule has 0 atom stereocenters. The molecular formula is C21H30IN5O. The molecule has 7 heteroatoms. The van der Waals surface area contributed by atoms with Gasteiger partial charge < -0.3 is 16.0 Å². The zero-order chi connectivity index (χ0) is 19.5. The molecule has 0 aliphatic rings. The molecule has 1 amide bonds. The van der Waals surface area contributed by atoms with Crippen LogP contribution in [0.5, 0.6) is 0 Å². The van der Waals surface area contributed by atoms with E-state index in [9.17, 15) is 4.79 Å². The third-order valence-electron chi connectivity index (χ3n) is 3.89. The first-order valence-electron chi connectivity index (χ1n) is 9.30. The summed E-state index contributed by atoms with van der Waals surface area (Å²) in [6.45, 7) is 5.44. The average molecular weight is 495 g/mol. The van der Waals surface area contributed by atoms with Gasteiger partial charge in [0.25, 0.3) is 0 Å². The van der Waals surface area contributed by atoms with Crippen LogP contribution in [0.1, 0.15) is 31.5 Å². The van der Waals surface area contributed by atoms with Crippen LogP contribution in [0, 0.1) is 5.92 Å². The molecule has 0 saturated carbocycles. The minimum absolute atomic E-state index is 0. The van der Waals surface area contributed by atoms with Gasteiger partial charge in [0.2, 0.25) is 5.91 Å². The summed E-state index contributed by atoms with van der Waals surface area (Å²) in [5.41, 5.74) is 2.94. The Morgan fingerprint density at radius 1 is 1.14 bits per heavy atom. The Morgan fingerprint density at radius 3 is 2.64 bits per heavy atom. The number of guanidine groups is 1. The number of nitrogens with zero attached hydrogens (tertiary/aromatic N) is 2. The molecule has 6 nitrogen and oxygen atoms in total. The maximum absolute atomic E-state index is 11.9. The van der Waals surface area contributed by atoms with Crippen molar-refractivity contribution in [2.75, 3.05) is 18.9 Å². The number of amides is 1. The van der Waals surface area contributed by atoms with Gasteiger partial charge in [-0.3, -0.25) is 14.8 Å². The summed E-state index contributed by atoms with van der Waals surface area (Å²) in [7, 11) is 1.75. The van der Waals surface area contributed by atoms with Crippen LogP contribution in [0.4, 0.5) is 5.69 Å². The van der Waals surface area contributed by atoms with E-state index in [1.54, 1.807) is 13.2 Å². The lowest BCUT2D eigenvalue weighted by molar-refractivity contribution is -0.116. The van der Waals surface area contributed by atoms with Gasteiger partial charge in [-0.15, -0.1) is 24.0 Å². The van der Waals surface area contributed by atoms with Gasteiger partial charge in [0.15, 0.2) is 5.96 Å². The standard InChI is InChI=1S/C21H29N5O.HI/c1-16(2)13-20(27)26-19-9-6-7-17(14-19)15-25-21(22-3)24-12-10-18-8-4-5-11-23-18;/h4-9,11,14,16H,10,12-13,15H2,1-3H3,(H,26,27)(H2,22,24,25);1H. The lowest BCUT2D eigenvalue weighted by Gasteiger charge is -2.13. The predicted molar refractivity (Wildman–Crippen MR) is 126 cm³/mol. The monoisotopic (exact) mass is 495 g/mol. The molecule has 0 aliphatic carbocycles. The number of pyridine rings is 1. The largest absolute Gasteiger partial charge is 0.356 e. The first-order chi connectivity index (χ1) is 13.1. The zero-order valence-corrected chi connectivity index (χ0v) is 19.1. The molecule has 0 aliphatic heterocycles. The molecule has 0 bridgehead atoms. The highest BCUT2D eigenvalue weighted by Gasteiger charge is 2.06. The highest BCUT2D eigenvalue weighted by atomic mass is 127. The van der Waals surface area contributed by atoms with Crippen LogP contribution in [0.3, 0.4) is 0 Å². The smallest absolute Gasteiger partial charge is 0.224 e. The normalized spacial score (nSPS) is 10.9. The molecule has 0 radical (unpaired) electrons. The third kappa shape index (κ3) is 9.16. The SMILES string of the molecule is CN=C(NCCc1ccccn1)NCc1cccc(NC(=O)CC(C)C)c1.I. The molecule has 28 heavy (non-hydrogen) atoms. The zero-order valence-electron chi connectivity index (χ0n) is 16.7. The summed E-state index contributed by atoms with van der Waals surface area (Å²) in [6, 6.07) is 13.8. The fraction of sp³-hybridized carbons (Fsp3) is 0.381. The second-order valence-electron chi connectivity index (χ2n) is 6.77. The molecule has 152 valence electrons. The fourth-order valence-corrected chi connectivity index (χ4v) is 2.60. The Bertz CT molecular complexity index is 749. The number of halogens is 1. The molecule has 2 rings (SSSR count). The molecule has 1 aromatic heterocycles. The van der Waals surface area contributed by atoms with Crippen LogP contribution in [-0.2, 0) is 17.8 Å². The maximum atomic E-state index is 11.9. The van der Waals surface area contributed by atoms with Gasteiger partial charge in [-0.2, -0.15) is 0 Å². The van der Waals surface area contributed by atoms with Crippen molar-refractivity contribution in [2.45, 2.75) is 33.2 Å². The lowest BCUT2D eigenvalue weighted by atomic mass is 10.1. The summed E-state index contributed by atoms with van der Waals surface area (Å²) in [5, 5.41) is 9.52. The Hall–Kier alpha value is -2.16. The second-order valence-corrected chi connectivity index (χ2v) is 6.77. The summed E-state index contributed by atoms with van der Waals surface area (Å²) >= 11 is 0. The van der Waals surface area contributed by atoms with Gasteiger partial charge in [-0.05, 0) is 35.7 Å². The van der Waals surface area contributed by atoms with E-state index in [1.165, 1.54) is 0 Å². The summed E-state index contributed by atoms with van der Waals surface area (Å²) in [4.78, 5) is 20.5.